The lowest BCUT2D eigenvalue weighted by Crippen LogP contribution is -2.16. The van der Waals surface area contributed by atoms with Crippen LogP contribution in [0.5, 0.6) is 0 Å². The first-order chi connectivity index (χ1) is 16.8. The fraction of sp³-hybridized carbons (Fsp3) is 0.360. The van der Waals surface area contributed by atoms with Gasteiger partial charge >= 0.3 is 0 Å². The van der Waals surface area contributed by atoms with Gasteiger partial charge in [0.2, 0.25) is 5.95 Å². The van der Waals surface area contributed by atoms with Gasteiger partial charge in [-0.2, -0.15) is 0 Å². The summed E-state index contributed by atoms with van der Waals surface area (Å²) in [6.07, 6.45) is 2.97. The molecule has 4 heterocycles. The first-order valence-electron chi connectivity index (χ1n) is 11.6. The monoisotopic (exact) mass is 479 g/mol. The van der Waals surface area contributed by atoms with Gasteiger partial charge in [-0.05, 0) is 57.5 Å². The highest BCUT2D eigenvalue weighted by molar-refractivity contribution is 5.83. The number of halogens is 2. The van der Waals surface area contributed by atoms with E-state index in [1.807, 2.05) is 25.3 Å². The van der Waals surface area contributed by atoms with Gasteiger partial charge in [0.1, 0.15) is 22.9 Å². The van der Waals surface area contributed by atoms with Gasteiger partial charge in [0, 0.05) is 30.3 Å². The maximum Gasteiger partial charge on any atom is 0.229 e. The van der Waals surface area contributed by atoms with Gasteiger partial charge in [-0.15, -0.1) is 0 Å². The summed E-state index contributed by atoms with van der Waals surface area (Å²) < 4.78 is 31.5. The molecular weight excluding hydrogens is 452 g/mol. The molecule has 4 aromatic rings. The van der Waals surface area contributed by atoms with Crippen molar-refractivity contribution in [3.05, 3.63) is 59.7 Å². The second kappa shape index (κ2) is 9.27. The number of pyridine rings is 1. The Morgan fingerprint density at radius 3 is 2.63 bits per heavy atom. The van der Waals surface area contributed by atoms with Crippen LogP contribution in [-0.2, 0) is 0 Å². The van der Waals surface area contributed by atoms with Gasteiger partial charge in [-0.1, -0.05) is 6.07 Å². The summed E-state index contributed by atoms with van der Waals surface area (Å²) in [7, 11) is 0. The molecule has 1 aliphatic rings. The van der Waals surface area contributed by atoms with E-state index in [0.717, 1.165) is 31.3 Å². The van der Waals surface area contributed by atoms with E-state index < -0.39 is 17.7 Å². The second-order valence-electron chi connectivity index (χ2n) is 9.14. The zero-order valence-electron chi connectivity index (χ0n) is 19.8. The molecule has 0 saturated carbocycles. The SMILES string of the molecule is Cc1nc2c(F)cc(-c3nc(Nc4ccc([C@@H](O)[C@H]5CCNC5)cn4)ncc3F)cc2n1C(C)C. The Hall–Kier alpha value is -3.50. The third-order valence-corrected chi connectivity index (χ3v) is 6.37. The number of aryl methyl sites for hydroxylation is 1. The summed E-state index contributed by atoms with van der Waals surface area (Å²) in [5, 5.41) is 16.7. The zero-order valence-corrected chi connectivity index (χ0v) is 19.8. The quantitative estimate of drug-likeness (QED) is 0.376. The van der Waals surface area contributed by atoms with Crippen molar-refractivity contribution in [2.75, 3.05) is 18.4 Å². The third kappa shape index (κ3) is 4.46. The maximum absolute atomic E-state index is 14.9. The predicted molar refractivity (Wildman–Crippen MR) is 129 cm³/mol. The lowest BCUT2D eigenvalue weighted by Gasteiger charge is -2.17. The number of rotatable bonds is 6. The van der Waals surface area contributed by atoms with Crippen molar-refractivity contribution < 1.29 is 13.9 Å². The molecule has 1 saturated heterocycles. The summed E-state index contributed by atoms with van der Waals surface area (Å²) in [6, 6.07) is 6.49. The van der Waals surface area contributed by atoms with Gasteiger partial charge in [0.15, 0.2) is 11.6 Å². The number of fused-ring (bicyclic) bond motifs is 1. The number of nitrogens with one attached hydrogen (secondary N) is 2. The van der Waals surface area contributed by atoms with E-state index >= 15 is 0 Å². The molecular formula is C25H27F2N7O. The molecule has 0 radical (unpaired) electrons. The number of aliphatic hydroxyl groups is 1. The number of aliphatic hydroxyl groups excluding tert-OH is 1. The van der Waals surface area contributed by atoms with Crippen molar-refractivity contribution in [2.45, 2.75) is 39.3 Å². The highest BCUT2D eigenvalue weighted by Crippen LogP contribution is 2.31. The molecule has 8 nitrogen and oxygen atoms in total. The average molecular weight is 480 g/mol. The highest BCUT2D eigenvalue weighted by atomic mass is 19.1. The van der Waals surface area contributed by atoms with Gasteiger partial charge in [0.05, 0.1) is 17.8 Å². The fourth-order valence-corrected chi connectivity index (χ4v) is 4.67. The largest absolute Gasteiger partial charge is 0.388 e. The third-order valence-electron chi connectivity index (χ3n) is 6.37. The molecule has 0 unspecified atom stereocenters. The van der Waals surface area contributed by atoms with Crippen LogP contribution in [0.15, 0.2) is 36.7 Å². The molecule has 1 fully saturated rings. The minimum Gasteiger partial charge on any atom is -0.388 e. The van der Waals surface area contributed by atoms with E-state index in [9.17, 15) is 13.9 Å². The van der Waals surface area contributed by atoms with Gasteiger partial charge in [0.25, 0.3) is 0 Å². The normalized spacial score (nSPS) is 16.8. The van der Waals surface area contributed by atoms with Gasteiger partial charge < -0.3 is 20.3 Å². The van der Waals surface area contributed by atoms with Crippen LogP contribution in [0.2, 0.25) is 0 Å². The number of aromatic nitrogens is 5. The summed E-state index contributed by atoms with van der Waals surface area (Å²) in [4.78, 5) is 17.0. The van der Waals surface area contributed by atoms with Gasteiger partial charge in [-0.3, -0.25) is 0 Å². The molecule has 0 bridgehead atoms. The van der Waals surface area contributed by atoms with E-state index in [0.29, 0.717) is 17.2 Å². The second-order valence-corrected chi connectivity index (χ2v) is 9.14. The Labute approximate surface area is 201 Å². The number of imidazole rings is 1. The Kier molecular flexibility index (Phi) is 6.16. The van der Waals surface area contributed by atoms with E-state index in [4.69, 9.17) is 0 Å². The van der Waals surface area contributed by atoms with Crippen LogP contribution in [0.1, 0.15) is 43.8 Å². The molecule has 1 aliphatic heterocycles. The van der Waals surface area contributed by atoms with Crippen molar-refractivity contribution >= 4 is 22.8 Å². The fourth-order valence-electron chi connectivity index (χ4n) is 4.67. The van der Waals surface area contributed by atoms with Crippen LogP contribution in [-0.4, -0.2) is 42.7 Å². The molecule has 35 heavy (non-hydrogen) atoms. The van der Waals surface area contributed by atoms with Crippen molar-refractivity contribution in [2.24, 2.45) is 5.92 Å². The summed E-state index contributed by atoms with van der Waals surface area (Å²) in [5.41, 5.74) is 1.81. The van der Waals surface area contributed by atoms with Crippen LogP contribution in [0.4, 0.5) is 20.5 Å². The first kappa shape index (κ1) is 23.3. The number of hydrogen-bond donors (Lipinski definition) is 3. The number of benzene rings is 1. The maximum atomic E-state index is 14.9. The molecule has 10 heteroatoms. The van der Waals surface area contributed by atoms with E-state index in [1.165, 1.54) is 6.07 Å². The topological polar surface area (TPSA) is 101 Å². The summed E-state index contributed by atoms with van der Waals surface area (Å²) in [6.45, 7) is 7.45. The number of nitrogens with zero attached hydrogens (tertiary/aromatic N) is 5. The van der Waals surface area contributed by atoms with Crippen molar-refractivity contribution in [1.29, 1.82) is 0 Å². The molecule has 0 aliphatic carbocycles. The van der Waals surface area contributed by atoms with E-state index in [1.54, 1.807) is 24.4 Å². The minimum absolute atomic E-state index is 0.0294. The van der Waals surface area contributed by atoms with Crippen LogP contribution >= 0.6 is 0 Å². The number of anilines is 2. The van der Waals surface area contributed by atoms with Crippen LogP contribution in [0.25, 0.3) is 22.3 Å². The molecule has 182 valence electrons. The molecule has 0 amide bonds. The smallest absolute Gasteiger partial charge is 0.229 e. The zero-order chi connectivity index (χ0) is 24.7. The van der Waals surface area contributed by atoms with Crippen molar-refractivity contribution in [3.63, 3.8) is 0 Å². The van der Waals surface area contributed by atoms with Gasteiger partial charge in [-0.25, -0.2) is 28.7 Å². The Morgan fingerprint density at radius 1 is 1.11 bits per heavy atom. The van der Waals surface area contributed by atoms with Crippen molar-refractivity contribution in [1.82, 2.24) is 29.8 Å². The van der Waals surface area contributed by atoms with Crippen LogP contribution < -0.4 is 10.6 Å². The Morgan fingerprint density at radius 2 is 1.94 bits per heavy atom. The molecule has 2 atom stereocenters. The molecule has 3 N–H and O–H groups in total. The van der Waals surface area contributed by atoms with Crippen LogP contribution in [0, 0.1) is 24.5 Å². The standard InChI is InChI=1S/C25H27F2N7O/c1-13(2)34-14(3)31-23-18(26)8-17(9-20(23)34)22-19(27)12-30-25(33-22)32-21-5-4-15(11-29-21)24(35)16-6-7-28-10-16/h4-5,8-9,11-13,16,24,28,35H,6-7,10H2,1-3H3,(H,29,30,32,33)/t16-,24+/m0/s1. The lowest BCUT2D eigenvalue weighted by molar-refractivity contribution is 0.118. The first-order valence-corrected chi connectivity index (χ1v) is 11.6. The predicted octanol–water partition coefficient (Wildman–Crippen LogP) is 4.44. The Balaban J connectivity index is 1.43. The molecule has 1 aromatic carbocycles. The lowest BCUT2D eigenvalue weighted by atomic mass is 9.96. The average Bonchev–Trinajstić information content (AvgIpc) is 3.48. The minimum atomic E-state index is -0.668. The van der Waals surface area contributed by atoms with E-state index in [-0.39, 0.29) is 34.7 Å². The van der Waals surface area contributed by atoms with E-state index in [2.05, 4.69) is 30.6 Å². The molecule has 0 spiro atoms. The summed E-state index contributed by atoms with van der Waals surface area (Å²) >= 11 is 0. The molecule has 3 aromatic heterocycles. The number of hydrogen-bond acceptors (Lipinski definition) is 7. The Bertz CT molecular complexity index is 1360. The highest BCUT2D eigenvalue weighted by Gasteiger charge is 2.24. The molecule has 5 rings (SSSR count). The van der Waals surface area contributed by atoms with Crippen molar-refractivity contribution in [3.8, 4) is 11.3 Å². The van der Waals surface area contributed by atoms with Crippen LogP contribution in [0.3, 0.4) is 0 Å². The summed E-state index contributed by atoms with van der Waals surface area (Å²) in [5.74, 6) is 0.195.